The quantitative estimate of drug-likeness (QED) is 0.532. The van der Waals surface area contributed by atoms with Crippen LogP contribution in [0.15, 0.2) is 42.5 Å². The van der Waals surface area contributed by atoms with E-state index in [2.05, 4.69) is 15.2 Å². The fraction of sp³-hybridized carbons (Fsp3) is 0.318. The van der Waals surface area contributed by atoms with Crippen LogP contribution >= 0.6 is 0 Å². The lowest BCUT2D eigenvalue weighted by Crippen LogP contribution is -2.53. The topological polar surface area (TPSA) is 82.1 Å². The molecule has 0 fully saturated rings. The van der Waals surface area contributed by atoms with E-state index in [1.165, 1.54) is 4.90 Å². The smallest absolute Gasteiger partial charge is 0.369 e. The maximum absolute atomic E-state index is 13.1. The predicted octanol–water partition coefficient (Wildman–Crippen LogP) is 4.57. The number of nitrogens with zero attached hydrogens (tertiary/aromatic N) is 3. The minimum Gasteiger partial charge on any atom is -0.369 e. The number of carbonyl (C=O) groups is 1. The second-order valence-electron chi connectivity index (χ2n) is 7.97. The third-order valence-corrected chi connectivity index (χ3v) is 5.67. The van der Waals surface area contributed by atoms with Crippen molar-refractivity contribution in [3.05, 3.63) is 65.0 Å². The number of H-pyrrole nitrogens is 1. The summed E-state index contributed by atoms with van der Waals surface area (Å²) in [7, 11) is 0. The summed E-state index contributed by atoms with van der Waals surface area (Å²) in [6.45, 7) is 1.69. The number of nitrogens with one attached hydrogen (secondary N) is 1. The van der Waals surface area contributed by atoms with E-state index in [0.29, 0.717) is 41.5 Å². The Labute approximate surface area is 189 Å². The van der Waals surface area contributed by atoms with E-state index in [1.54, 1.807) is 19.1 Å². The Kier molecular flexibility index (Phi) is 5.67. The molecule has 0 saturated carbocycles. The van der Waals surface area contributed by atoms with Crippen LogP contribution in [0.4, 0.5) is 32.0 Å². The van der Waals surface area contributed by atoms with Gasteiger partial charge in [-0.3, -0.25) is 9.89 Å². The first-order valence-corrected chi connectivity index (χ1v) is 10.1. The normalized spacial score (nSPS) is 14.9. The molecule has 0 spiro atoms. The molecular weight excluding hydrogens is 466 g/mol. The summed E-state index contributed by atoms with van der Waals surface area (Å²) in [5.74, 6) is 0.886. The van der Waals surface area contributed by atoms with Gasteiger partial charge in [-0.1, -0.05) is 24.3 Å². The summed E-state index contributed by atoms with van der Waals surface area (Å²) < 4.78 is 78.6. The molecule has 180 valence electrons. The number of aromatic nitrogens is 3. The average molecular weight is 484 g/mol. The monoisotopic (exact) mass is 484 g/mol. The van der Waals surface area contributed by atoms with Gasteiger partial charge in [-0.25, -0.2) is 4.98 Å². The van der Waals surface area contributed by atoms with Crippen molar-refractivity contribution in [3.63, 3.8) is 0 Å². The molecule has 1 aromatic heterocycles. The van der Waals surface area contributed by atoms with Gasteiger partial charge in [-0.15, -0.1) is 0 Å². The lowest BCUT2D eigenvalue weighted by Gasteiger charge is -2.33. The fourth-order valence-corrected chi connectivity index (χ4v) is 3.87. The number of alkyl halides is 6. The molecule has 34 heavy (non-hydrogen) atoms. The second-order valence-corrected chi connectivity index (χ2v) is 7.97. The molecular formula is C22H18F6N4O2. The molecule has 6 nitrogen and oxygen atoms in total. The summed E-state index contributed by atoms with van der Waals surface area (Å²) >= 11 is 0. The van der Waals surface area contributed by atoms with Crippen molar-refractivity contribution in [2.45, 2.75) is 44.3 Å². The highest BCUT2D eigenvalue weighted by Crippen LogP contribution is 2.50. The third kappa shape index (κ3) is 4.02. The Morgan fingerprint density at radius 1 is 1.00 bits per heavy atom. The van der Waals surface area contributed by atoms with Gasteiger partial charge in [-0.2, -0.15) is 31.4 Å². The van der Waals surface area contributed by atoms with Crippen LogP contribution in [0.25, 0.3) is 11.4 Å². The first kappa shape index (κ1) is 23.7. The van der Waals surface area contributed by atoms with Gasteiger partial charge in [0.1, 0.15) is 5.82 Å². The number of anilines is 1. The van der Waals surface area contributed by atoms with E-state index in [1.807, 2.05) is 6.07 Å². The molecule has 2 N–H and O–H groups in total. The molecule has 1 amide bonds. The molecule has 4 rings (SSSR count). The van der Waals surface area contributed by atoms with Gasteiger partial charge in [0, 0.05) is 23.2 Å². The maximum Gasteiger partial charge on any atom is 0.430 e. The van der Waals surface area contributed by atoms with Crippen LogP contribution < -0.4 is 4.90 Å². The van der Waals surface area contributed by atoms with Gasteiger partial charge in [0.25, 0.3) is 5.60 Å². The molecule has 0 bridgehead atoms. The number of hydrogen-bond acceptors (Lipinski definition) is 4. The van der Waals surface area contributed by atoms with Crippen molar-refractivity contribution in [2.24, 2.45) is 0 Å². The number of amides is 1. The van der Waals surface area contributed by atoms with E-state index in [4.69, 9.17) is 0 Å². The minimum absolute atomic E-state index is 0.0678. The molecule has 2 aromatic carbocycles. The zero-order valence-corrected chi connectivity index (χ0v) is 17.6. The lowest BCUT2D eigenvalue weighted by atomic mass is 9.91. The van der Waals surface area contributed by atoms with Crippen LogP contribution in [-0.4, -0.2) is 38.5 Å². The van der Waals surface area contributed by atoms with Crippen molar-refractivity contribution in [1.29, 1.82) is 0 Å². The van der Waals surface area contributed by atoms with Crippen LogP contribution in [0.5, 0.6) is 0 Å². The summed E-state index contributed by atoms with van der Waals surface area (Å²) in [4.78, 5) is 18.3. The summed E-state index contributed by atoms with van der Waals surface area (Å²) in [5.41, 5.74) is -3.90. The minimum atomic E-state index is -5.96. The number of aryl methyl sites for hydroxylation is 2. The van der Waals surface area contributed by atoms with Crippen LogP contribution in [0.1, 0.15) is 28.9 Å². The lowest BCUT2D eigenvalue weighted by molar-refractivity contribution is -0.376. The summed E-state index contributed by atoms with van der Waals surface area (Å²) in [6.07, 6.45) is -11.3. The van der Waals surface area contributed by atoms with Crippen LogP contribution in [0.2, 0.25) is 0 Å². The molecule has 1 aliphatic heterocycles. The molecule has 12 heteroatoms. The Balaban J connectivity index is 1.62. The number of carbonyl (C=O) groups excluding carboxylic acids is 1. The van der Waals surface area contributed by atoms with Crippen molar-refractivity contribution < 1.29 is 36.2 Å². The first-order chi connectivity index (χ1) is 15.8. The highest BCUT2D eigenvalue weighted by atomic mass is 19.4. The van der Waals surface area contributed by atoms with Gasteiger partial charge in [0.05, 0.1) is 6.54 Å². The average Bonchev–Trinajstić information content (AvgIpc) is 3.20. The van der Waals surface area contributed by atoms with E-state index in [0.717, 1.165) is 23.3 Å². The molecule has 0 saturated heterocycles. The van der Waals surface area contributed by atoms with Gasteiger partial charge < -0.3 is 10.0 Å². The number of fused-ring (bicyclic) bond motifs is 1. The Morgan fingerprint density at radius 3 is 2.21 bits per heavy atom. The zero-order valence-electron chi connectivity index (χ0n) is 17.6. The molecule has 0 aliphatic carbocycles. The number of aromatic amines is 1. The molecule has 0 radical (unpaired) electrons. The Hall–Kier alpha value is -3.41. The Bertz CT molecular complexity index is 1200. The molecule has 1 aliphatic rings. The molecule has 0 atom stereocenters. The van der Waals surface area contributed by atoms with Crippen molar-refractivity contribution in [3.8, 4) is 11.4 Å². The number of benzene rings is 2. The zero-order chi connectivity index (χ0) is 24.9. The molecule has 3 aromatic rings. The maximum atomic E-state index is 13.1. The highest BCUT2D eigenvalue weighted by Gasteiger charge is 2.71. The van der Waals surface area contributed by atoms with E-state index in [-0.39, 0.29) is 18.9 Å². The predicted molar refractivity (Wildman–Crippen MR) is 109 cm³/mol. The second kappa shape index (κ2) is 8.12. The standard InChI is InChI=1S/C22H18F6N4O2/c1-12-29-19(31-30-12)15-4-8-17-14(10-15)5-9-18(33)32(17)11-13-2-6-16(7-3-13)20(34,21(23,24)25)22(26,27)28/h2-4,6-8,10,34H,5,9,11H2,1H3,(H,29,30,31). The van der Waals surface area contributed by atoms with E-state index in [9.17, 15) is 36.2 Å². The number of rotatable bonds is 4. The molecule has 2 heterocycles. The van der Waals surface area contributed by atoms with Gasteiger partial charge >= 0.3 is 12.4 Å². The van der Waals surface area contributed by atoms with E-state index >= 15 is 0 Å². The van der Waals surface area contributed by atoms with Crippen LogP contribution in [-0.2, 0) is 23.4 Å². The van der Waals surface area contributed by atoms with Gasteiger partial charge in [0.15, 0.2) is 5.82 Å². The van der Waals surface area contributed by atoms with Gasteiger partial charge in [0.2, 0.25) is 5.91 Å². The van der Waals surface area contributed by atoms with Crippen LogP contribution in [0, 0.1) is 6.92 Å². The third-order valence-electron chi connectivity index (χ3n) is 5.67. The number of aliphatic hydroxyl groups is 1. The van der Waals surface area contributed by atoms with E-state index < -0.39 is 23.5 Å². The number of halogens is 6. The van der Waals surface area contributed by atoms with Crippen LogP contribution in [0.3, 0.4) is 0 Å². The summed E-state index contributed by atoms with van der Waals surface area (Å²) in [5, 5.41) is 16.4. The Morgan fingerprint density at radius 2 is 1.65 bits per heavy atom. The van der Waals surface area contributed by atoms with Gasteiger partial charge in [-0.05, 0) is 42.7 Å². The number of hydrogen-bond donors (Lipinski definition) is 2. The van der Waals surface area contributed by atoms with Crippen molar-refractivity contribution in [2.75, 3.05) is 4.90 Å². The first-order valence-electron chi connectivity index (χ1n) is 10.1. The SMILES string of the molecule is Cc1nc(-c2ccc3c(c2)CCC(=O)N3Cc2ccc(C(O)(C(F)(F)F)C(F)(F)F)cc2)n[nH]1. The van der Waals surface area contributed by atoms with Crippen molar-refractivity contribution in [1.82, 2.24) is 15.2 Å². The fourth-order valence-electron chi connectivity index (χ4n) is 3.87. The summed E-state index contributed by atoms with van der Waals surface area (Å²) in [6, 6.07) is 8.47. The molecule has 0 unspecified atom stereocenters. The largest absolute Gasteiger partial charge is 0.430 e. The van der Waals surface area contributed by atoms with Crippen molar-refractivity contribution >= 4 is 11.6 Å². The highest BCUT2D eigenvalue weighted by molar-refractivity contribution is 5.96.